The van der Waals surface area contributed by atoms with E-state index in [9.17, 15) is 0 Å². The summed E-state index contributed by atoms with van der Waals surface area (Å²) in [5.41, 5.74) is 5.64. The van der Waals surface area contributed by atoms with E-state index in [0.717, 1.165) is 0 Å². The molecule has 3 heteroatoms. The summed E-state index contributed by atoms with van der Waals surface area (Å²) in [7, 11) is 0.472. The van der Waals surface area contributed by atoms with Crippen molar-refractivity contribution >= 4 is 26.3 Å². The lowest BCUT2D eigenvalue weighted by atomic mass is 10.6. The molecule has 0 rings (SSSR count). The highest BCUT2D eigenvalue weighted by molar-refractivity contribution is 7.79. The van der Waals surface area contributed by atoms with Gasteiger partial charge in [0.2, 0.25) is 0 Å². The molecule has 0 aromatic heterocycles. The van der Waals surface area contributed by atoms with Crippen molar-refractivity contribution in [2.45, 2.75) is 12.6 Å². The molecule has 0 aliphatic carbocycles. The maximum Gasteiger partial charge on any atom is 0.0148 e. The number of hydrogen-bond donors (Lipinski definition) is 1. The van der Waals surface area contributed by atoms with Crippen LogP contribution in [0.25, 0.3) is 0 Å². The van der Waals surface area contributed by atoms with E-state index in [1.165, 1.54) is 0 Å². The van der Waals surface area contributed by atoms with Crippen molar-refractivity contribution in [3.8, 4) is 0 Å². The summed E-state index contributed by atoms with van der Waals surface area (Å²) in [5, 5.41) is 1.69. The molecule has 0 radical (unpaired) electrons. The Balaban J connectivity index is 2.96. The monoisotopic (exact) mass is 121 g/mol. The van der Waals surface area contributed by atoms with E-state index in [1.807, 2.05) is 6.92 Å². The third-order valence-electron chi connectivity index (χ3n) is 0.467. The lowest BCUT2D eigenvalue weighted by Gasteiger charge is -1.92. The van der Waals surface area contributed by atoms with Crippen LogP contribution in [0.4, 0.5) is 0 Å². The van der Waals surface area contributed by atoms with Crippen molar-refractivity contribution in [3.05, 3.63) is 0 Å². The van der Waals surface area contributed by atoms with Gasteiger partial charge >= 0.3 is 0 Å². The van der Waals surface area contributed by atoms with Gasteiger partial charge in [0.15, 0.2) is 0 Å². The molecule has 0 amide bonds. The predicted octanol–water partition coefficient (Wildman–Crippen LogP) is 0.927. The molecule has 0 saturated heterocycles. The second-order valence-corrected chi connectivity index (χ2v) is 2.61. The Morgan fingerprint density at radius 3 is 2.50 bits per heavy atom. The fourth-order valence-corrected chi connectivity index (χ4v) is 0.354. The van der Waals surface area contributed by atoms with Crippen molar-refractivity contribution in [2.75, 3.05) is 0 Å². The fourth-order valence-electron chi connectivity index (χ4n) is 0.0393. The van der Waals surface area contributed by atoms with Gasteiger partial charge in [-0.25, -0.2) is 0 Å². The number of nitrogens with two attached hydrogens (primary N) is 1. The average Bonchev–Trinajstić information content (AvgIpc) is 1.65. The molecule has 0 heterocycles. The van der Waals surface area contributed by atoms with Crippen LogP contribution in [-0.2, 0) is 0 Å². The zero-order valence-corrected chi connectivity index (χ0v) is 5.46. The van der Waals surface area contributed by atoms with Crippen LogP contribution in [0, 0.1) is 0 Å². The normalized spacial score (nSPS) is 15.7. The number of rotatable bonds is 2. The van der Waals surface area contributed by atoms with E-state index >= 15 is 0 Å². The molecule has 0 fully saturated rings. The molecule has 2 atom stereocenters. The van der Waals surface area contributed by atoms with Gasteiger partial charge in [0.1, 0.15) is 0 Å². The molecule has 0 aromatic rings. The highest BCUT2D eigenvalue weighted by Gasteiger charge is 1.86. The topological polar surface area (TPSA) is 26.0 Å². The van der Waals surface area contributed by atoms with Gasteiger partial charge in [-0.05, 0) is 14.1 Å². The quantitative estimate of drug-likeness (QED) is 0.434. The van der Waals surface area contributed by atoms with Crippen molar-refractivity contribution in [1.29, 1.82) is 0 Å². The van der Waals surface area contributed by atoms with Crippen LogP contribution in [0.3, 0.4) is 0 Å². The summed E-state index contributed by atoms with van der Waals surface area (Å²) >= 11 is 4.58. The van der Waals surface area contributed by atoms with Crippen LogP contribution in [0.2, 0.25) is 0 Å². The van der Waals surface area contributed by atoms with Crippen molar-refractivity contribution < 1.29 is 0 Å². The summed E-state index contributed by atoms with van der Waals surface area (Å²) in [6.45, 7) is 2.01. The third-order valence-corrected chi connectivity index (χ3v) is 1.81. The Morgan fingerprint density at radius 1 is 2.00 bits per heavy atom. The minimum Gasteiger partial charge on any atom is -0.312 e. The standard InChI is InChI=1S/C3H8NPS/c1-3(2-6)5-4/h2-3,5H,4H2,1H3. The van der Waals surface area contributed by atoms with Gasteiger partial charge in [0.05, 0.1) is 0 Å². The molecule has 0 aliphatic rings. The van der Waals surface area contributed by atoms with Crippen molar-refractivity contribution in [1.82, 2.24) is 0 Å². The molecule has 2 N–H and O–H groups in total. The maximum atomic E-state index is 5.21. The molecule has 0 bridgehead atoms. The van der Waals surface area contributed by atoms with E-state index in [-0.39, 0.29) is 0 Å². The lowest BCUT2D eigenvalue weighted by molar-refractivity contribution is 1.36. The summed E-state index contributed by atoms with van der Waals surface area (Å²) in [4.78, 5) is 0. The maximum absolute atomic E-state index is 5.21. The highest BCUT2D eigenvalue weighted by Crippen LogP contribution is 2.03. The van der Waals surface area contributed by atoms with E-state index in [2.05, 4.69) is 12.2 Å². The number of thiocarbonyl (C=S) groups is 1. The van der Waals surface area contributed by atoms with Crippen LogP contribution in [0.15, 0.2) is 0 Å². The first-order chi connectivity index (χ1) is 2.81. The van der Waals surface area contributed by atoms with E-state index in [0.29, 0.717) is 14.4 Å². The molecular weight excluding hydrogens is 113 g/mol. The third kappa shape index (κ3) is 2.70. The Labute approximate surface area is 45.1 Å². The summed E-state index contributed by atoms with van der Waals surface area (Å²) in [6.07, 6.45) is 0. The van der Waals surface area contributed by atoms with E-state index < -0.39 is 0 Å². The smallest absolute Gasteiger partial charge is 0.0148 e. The van der Waals surface area contributed by atoms with Gasteiger partial charge in [0, 0.05) is 5.66 Å². The largest absolute Gasteiger partial charge is 0.312 e. The molecule has 36 valence electrons. The molecule has 0 spiro atoms. The van der Waals surface area contributed by atoms with Gasteiger partial charge < -0.3 is 5.50 Å². The van der Waals surface area contributed by atoms with E-state index in [4.69, 9.17) is 5.50 Å². The summed E-state index contributed by atoms with van der Waals surface area (Å²) in [5.74, 6) is 0. The first-order valence-electron chi connectivity index (χ1n) is 1.72. The molecule has 2 unspecified atom stereocenters. The second-order valence-electron chi connectivity index (χ2n) is 1.09. The Morgan fingerprint density at radius 2 is 2.50 bits per heavy atom. The van der Waals surface area contributed by atoms with Crippen molar-refractivity contribution in [3.63, 3.8) is 0 Å². The minimum atomic E-state index is 0.431. The van der Waals surface area contributed by atoms with Crippen LogP contribution >= 0.6 is 20.9 Å². The zero-order valence-electron chi connectivity index (χ0n) is 3.64. The molecule has 0 saturated carbocycles. The van der Waals surface area contributed by atoms with Crippen LogP contribution < -0.4 is 5.50 Å². The zero-order chi connectivity index (χ0) is 4.99. The molecule has 0 aliphatic heterocycles. The number of hydrogen-bond acceptors (Lipinski definition) is 2. The van der Waals surface area contributed by atoms with Crippen molar-refractivity contribution in [2.24, 2.45) is 5.50 Å². The van der Waals surface area contributed by atoms with Gasteiger partial charge in [-0.3, -0.25) is 0 Å². The minimum absolute atomic E-state index is 0.431. The Bertz CT molecular complexity index is 48.1. The lowest BCUT2D eigenvalue weighted by Crippen LogP contribution is -1.94. The summed E-state index contributed by atoms with van der Waals surface area (Å²) < 4.78 is 0. The molecule has 0 aromatic carbocycles. The van der Waals surface area contributed by atoms with Crippen LogP contribution in [-0.4, -0.2) is 11.0 Å². The predicted molar refractivity (Wildman–Crippen MR) is 35.6 cm³/mol. The second kappa shape index (κ2) is 3.66. The van der Waals surface area contributed by atoms with Gasteiger partial charge in [-0.1, -0.05) is 19.1 Å². The van der Waals surface area contributed by atoms with Crippen LogP contribution in [0.1, 0.15) is 6.92 Å². The van der Waals surface area contributed by atoms with Crippen LogP contribution in [0.5, 0.6) is 0 Å². The first kappa shape index (κ1) is 6.48. The summed E-state index contributed by atoms with van der Waals surface area (Å²) in [6, 6.07) is 0. The van der Waals surface area contributed by atoms with Gasteiger partial charge in [-0.2, -0.15) is 0 Å². The first-order valence-corrected chi connectivity index (χ1v) is 3.35. The molecule has 6 heavy (non-hydrogen) atoms. The highest BCUT2D eigenvalue weighted by atomic mass is 32.1. The van der Waals surface area contributed by atoms with Gasteiger partial charge in [-0.15, -0.1) is 0 Å². The molecule has 1 nitrogen and oxygen atoms in total. The Hall–Kier alpha value is 0.480. The average molecular weight is 121 g/mol. The SMILES string of the molecule is CC(C=S)PN. The van der Waals surface area contributed by atoms with Gasteiger partial charge in [0.25, 0.3) is 0 Å². The molecular formula is C3H8NPS. The fraction of sp³-hybridized carbons (Fsp3) is 0.667. The Kier molecular flexibility index (Phi) is 3.96. The van der Waals surface area contributed by atoms with E-state index in [1.54, 1.807) is 5.37 Å².